The molecule has 0 heterocycles. The second-order valence-corrected chi connectivity index (χ2v) is 6.36. The van der Waals surface area contributed by atoms with Gasteiger partial charge in [0, 0.05) is 6.92 Å². The van der Waals surface area contributed by atoms with Crippen LogP contribution < -0.4 is 0 Å². The Morgan fingerprint density at radius 2 is 1.11 bits per heavy atom. The standard InChI is InChI=1S/C25H24O3/c1-21(26)27-19-11-12-20-28-25(22-13-5-2-6-14-22,23-15-7-3-8-16-23)24-17-9-4-10-18-24/h2-18H,19-20H2,1H3/b12-11+. The van der Waals surface area contributed by atoms with E-state index in [1.807, 2.05) is 60.7 Å². The van der Waals surface area contributed by atoms with Crippen molar-refractivity contribution in [1.29, 1.82) is 0 Å². The van der Waals surface area contributed by atoms with Gasteiger partial charge < -0.3 is 9.47 Å². The van der Waals surface area contributed by atoms with Gasteiger partial charge in [-0.2, -0.15) is 0 Å². The van der Waals surface area contributed by atoms with Crippen LogP contribution in [-0.2, 0) is 19.9 Å². The fourth-order valence-corrected chi connectivity index (χ4v) is 3.24. The van der Waals surface area contributed by atoms with E-state index in [4.69, 9.17) is 9.47 Å². The Labute approximate surface area is 166 Å². The molecule has 0 amide bonds. The summed E-state index contributed by atoms with van der Waals surface area (Å²) < 4.78 is 11.5. The van der Waals surface area contributed by atoms with Crippen molar-refractivity contribution >= 4 is 5.97 Å². The Bertz CT molecular complexity index is 790. The Morgan fingerprint density at radius 3 is 1.50 bits per heavy atom. The normalized spacial score (nSPS) is 11.5. The Balaban J connectivity index is 2.00. The Morgan fingerprint density at radius 1 is 0.714 bits per heavy atom. The van der Waals surface area contributed by atoms with E-state index in [-0.39, 0.29) is 12.6 Å². The van der Waals surface area contributed by atoms with Crippen LogP contribution in [-0.4, -0.2) is 19.2 Å². The summed E-state index contributed by atoms with van der Waals surface area (Å²) in [4.78, 5) is 10.9. The van der Waals surface area contributed by atoms with Crippen LogP contribution in [0.3, 0.4) is 0 Å². The molecule has 0 unspecified atom stereocenters. The van der Waals surface area contributed by atoms with Crippen LogP contribution in [0.1, 0.15) is 23.6 Å². The van der Waals surface area contributed by atoms with Crippen LogP contribution in [0.2, 0.25) is 0 Å². The van der Waals surface area contributed by atoms with Gasteiger partial charge in [-0.3, -0.25) is 4.79 Å². The topological polar surface area (TPSA) is 35.5 Å². The maximum Gasteiger partial charge on any atom is 0.302 e. The van der Waals surface area contributed by atoms with Gasteiger partial charge in [0.05, 0.1) is 6.61 Å². The quantitative estimate of drug-likeness (QED) is 0.313. The van der Waals surface area contributed by atoms with Crippen molar-refractivity contribution in [1.82, 2.24) is 0 Å². The molecule has 3 rings (SSSR count). The average molecular weight is 372 g/mol. The highest BCUT2D eigenvalue weighted by molar-refractivity contribution is 5.66. The molecule has 3 nitrogen and oxygen atoms in total. The van der Waals surface area contributed by atoms with E-state index in [1.165, 1.54) is 6.92 Å². The summed E-state index contributed by atoms with van der Waals surface area (Å²) in [6.45, 7) is 2.02. The van der Waals surface area contributed by atoms with Gasteiger partial charge in [0.1, 0.15) is 12.2 Å². The third-order valence-electron chi connectivity index (χ3n) is 4.49. The van der Waals surface area contributed by atoms with Gasteiger partial charge in [0.25, 0.3) is 0 Å². The molecule has 0 spiro atoms. The van der Waals surface area contributed by atoms with Crippen molar-refractivity contribution in [3.8, 4) is 0 Å². The van der Waals surface area contributed by atoms with Gasteiger partial charge in [0.15, 0.2) is 0 Å². The molecular weight excluding hydrogens is 348 g/mol. The number of rotatable bonds is 8. The number of ether oxygens (including phenoxy) is 2. The van der Waals surface area contributed by atoms with E-state index in [2.05, 4.69) is 36.4 Å². The number of benzene rings is 3. The van der Waals surface area contributed by atoms with E-state index in [1.54, 1.807) is 6.08 Å². The lowest BCUT2D eigenvalue weighted by molar-refractivity contribution is -0.139. The number of carbonyl (C=O) groups is 1. The molecule has 0 radical (unpaired) electrons. The zero-order chi connectivity index (χ0) is 19.7. The zero-order valence-corrected chi connectivity index (χ0v) is 16.0. The lowest BCUT2D eigenvalue weighted by Crippen LogP contribution is -2.33. The summed E-state index contributed by atoms with van der Waals surface area (Å²) in [5, 5.41) is 0. The monoisotopic (exact) mass is 372 g/mol. The molecule has 0 aliphatic carbocycles. The third kappa shape index (κ3) is 4.56. The number of carbonyl (C=O) groups excluding carboxylic acids is 1. The molecule has 142 valence electrons. The lowest BCUT2D eigenvalue weighted by atomic mass is 9.80. The second kappa shape index (κ2) is 9.67. The van der Waals surface area contributed by atoms with Crippen LogP contribution in [0, 0.1) is 0 Å². The van der Waals surface area contributed by atoms with Crippen LogP contribution in [0.15, 0.2) is 103 Å². The molecule has 3 aromatic carbocycles. The minimum Gasteiger partial charge on any atom is -0.462 e. The zero-order valence-electron chi connectivity index (χ0n) is 16.0. The smallest absolute Gasteiger partial charge is 0.302 e. The molecule has 3 aromatic rings. The van der Waals surface area contributed by atoms with E-state index in [9.17, 15) is 4.79 Å². The first-order valence-electron chi connectivity index (χ1n) is 9.32. The highest BCUT2D eigenvalue weighted by atomic mass is 16.5. The molecular formula is C25H24O3. The molecule has 0 bridgehead atoms. The molecule has 0 saturated heterocycles. The van der Waals surface area contributed by atoms with Gasteiger partial charge in [-0.1, -0.05) is 97.1 Å². The van der Waals surface area contributed by atoms with Crippen molar-refractivity contribution in [3.05, 3.63) is 120 Å². The summed E-state index contributed by atoms with van der Waals surface area (Å²) >= 11 is 0. The number of esters is 1. The van der Waals surface area contributed by atoms with Crippen LogP contribution in [0.4, 0.5) is 0 Å². The molecule has 0 fully saturated rings. The van der Waals surface area contributed by atoms with E-state index >= 15 is 0 Å². The first-order chi connectivity index (χ1) is 13.7. The van der Waals surface area contributed by atoms with E-state index in [0.717, 1.165) is 16.7 Å². The van der Waals surface area contributed by atoms with Crippen molar-refractivity contribution in [2.45, 2.75) is 12.5 Å². The first kappa shape index (κ1) is 19.6. The van der Waals surface area contributed by atoms with Crippen molar-refractivity contribution < 1.29 is 14.3 Å². The van der Waals surface area contributed by atoms with Crippen LogP contribution in [0.25, 0.3) is 0 Å². The number of hydrogen-bond acceptors (Lipinski definition) is 3. The largest absolute Gasteiger partial charge is 0.462 e. The molecule has 0 aliphatic heterocycles. The molecule has 3 heteroatoms. The summed E-state index contributed by atoms with van der Waals surface area (Å²) in [6, 6.07) is 30.7. The predicted molar refractivity (Wildman–Crippen MR) is 111 cm³/mol. The fraction of sp³-hybridized carbons (Fsp3) is 0.160. The van der Waals surface area contributed by atoms with Crippen molar-refractivity contribution in [3.63, 3.8) is 0 Å². The van der Waals surface area contributed by atoms with Crippen LogP contribution >= 0.6 is 0 Å². The number of hydrogen-bond donors (Lipinski definition) is 0. The van der Waals surface area contributed by atoms with E-state index in [0.29, 0.717) is 6.61 Å². The summed E-state index contributed by atoms with van der Waals surface area (Å²) in [6.07, 6.45) is 3.68. The molecule has 0 aromatic heterocycles. The minimum atomic E-state index is -0.741. The molecule has 0 atom stereocenters. The van der Waals surface area contributed by atoms with Gasteiger partial charge in [0.2, 0.25) is 0 Å². The summed E-state index contributed by atoms with van der Waals surface area (Å²) in [5.41, 5.74) is 2.43. The van der Waals surface area contributed by atoms with Crippen molar-refractivity contribution in [2.24, 2.45) is 0 Å². The maximum absolute atomic E-state index is 10.9. The summed E-state index contributed by atoms with van der Waals surface area (Å²) in [7, 11) is 0. The first-order valence-corrected chi connectivity index (χ1v) is 9.32. The highest BCUT2D eigenvalue weighted by Gasteiger charge is 2.37. The third-order valence-corrected chi connectivity index (χ3v) is 4.49. The fourth-order valence-electron chi connectivity index (χ4n) is 3.24. The lowest BCUT2D eigenvalue weighted by Gasteiger charge is -2.35. The minimum absolute atomic E-state index is 0.244. The molecule has 0 saturated carbocycles. The average Bonchev–Trinajstić information content (AvgIpc) is 2.75. The molecule has 0 N–H and O–H groups in total. The van der Waals surface area contributed by atoms with Crippen LogP contribution in [0.5, 0.6) is 0 Å². The Kier molecular flexibility index (Phi) is 6.77. The van der Waals surface area contributed by atoms with Crippen molar-refractivity contribution in [2.75, 3.05) is 13.2 Å². The Hall–Kier alpha value is -3.17. The summed E-state index contributed by atoms with van der Waals surface area (Å²) in [5.74, 6) is -0.294. The molecule has 0 aliphatic rings. The predicted octanol–water partition coefficient (Wildman–Crippen LogP) is 5.11. The maximum atomic E-state index is 10.9. The van der Waals surface area contributed by atoms with Gasteiger partial charge in [-0.05, 0) is 22.8 Å². The van der Waals surface area contributed by atoms with Gasteiger partial charge in [-0.15, -0.1) is 0 Å². The molecule has 28 heavy (non-hydrogen) atoms. The second-order valence-electron chi connectivity index (χ2n) is 6.36. The van der Waals surface area contributed by atoms with Gasteiger partial charge in [-0.25, -0.2) is 0 Å². The van der Waals surface area contributed by atoms with Gasteiger partial charge >= 0.3 is 5.97 Å². The SMILES string of the molecule is CC(=O)OC/C=C/COC(c1ccccc1)(c1ccccc1)c1ccccc1. The highest BCUT2D eigenvalue weighted by Crippen LogP contribution is 2.40. The van der Waals surface area contributed by atoms with E-state index < -0.39 is 5.60 Å².